The van der Waals surface area contributed by atoms with E-state index in [9.17, 15) is 4.79 Å². The van der Waals surface area contributed by atoms with Gasteiger partial charge in [0, 0.05) is 11.0 Å². The summed E-state index contributed by atoms with van der Waals surface area (Å²) in [5.41, 5.74) is 10.1. The van der Waals surface area contributed by atoms with Crippen molar-refractivity contribution >= 4 is 6.09 Å². The fourth-order valence-corrected chi connectivity index (χ4v) is 3.69. The molecule has 1 heterocycles. The largest absolute Gasteiger partial charge is 0.492 e. The Morgan fingerprint density at radius 3 is 2.36 bits per heavy atom. The van der Waals surface area contributed by atoms with Crippen LogP contribution in [0.4, 0.5) is 4.79 Å². The van der Waals surface area contributed by atoms with E-state index in [0.717, 1.165) is 39.3 Å². The maximum atomic E-state index is 11.4. The van der Waals surface area contributed by atoms with Crippen molar-refractivity contribution in [2.45, 2.75) is 53.8 Å². The molecule has 0 bridgehead atoms. The SMILES string of the molecule is Cc1cc(-c2ccc3c(c2)OCC(C)(C)C3OC(N)=O)cc(C)c1OC(C)C. The van der Waals surface area contributed by atoms with Crippen LogP contribution in [0, 0.1) is 19.3 Å². The molecule has 5 heteroatoms. The summed E-state index contributed by atoms with van der Waals surface area (Å²) in [5.74, 6) is 1.66. The third kappa shape index (κ3) is 3.93. The van der Waals surface area contributed by atoms with Crippen LogP contribution < -0.4 is 15.2 Å². The molecule has 1 atom stereocenters. The van der Waals surface area contributed by atoms with Gasteiger partial charge in [-0.25, -0.2) is 4.79 Å². The van der Waals surface area contributed by atoms with Gasteiger partial charge in [-0.3, -0.25) is 0 Å². The zero-order valence-corrected chi connectivity index (χ0v) is 17.5. The number of carbonyl (C=O) groups excluding carboxylic acids is 1. The van der Waals surface area contributed by atoms with E-state index in [0.29, 0.717) is 6.61 Å². The summed E-state index contributed by atoms with van der Waals surface area (Å²) in [7, 11) is 0. The molecule has 2 N–H and O–H groups in total. The Balaban J connectivity index is 1.99. The van der Waals surface area contributed by atoms with Crippen molar-refractivity contribution in [1.82, 2.24) is 0 Å². The zero-order chi connectivity index (χ0) is 20.6. The van der Waals surface area contributed by atoms with Gasteiger partial charge in [0.2, 0.25) is 0 Å². The Kier molecular flexibility index (Phi) is 5.28. The lowest BCUT2D eigenvalue weighted by atomic mass is 9.80. The summed E-state index contributed by atoms with van der Waals surface area (Å²) >= 11 is 0. The maximum absolute atomic E-state index is 11.4. The van der Waals surface area contributed by atoms with Crippen LogP contribution in [-0.4, -0.2) is 18.8 Å². The number of amides is 1. The number of hydrogen-bond donors (Lipinski definition) is 1. The number of carbonyl (C=O) groups is 1. The van der Waals surface area contributed by atoms with Gasteiger partial charge in [0.05, 0.1) is 12.7 Å². The Morgan fingerprint density at radius 2 is 1.79 bits per heavy atom. The molecule has 150 valence electrons. The molecule has 0 radical (unpaired) electrons. The molecule has 2 aromatic rings. The first-order valence-electron chi connectivity index (χ1n) is 9.59. The van der Waals surface area contributed by atoms with Gasteiger partial charge in [0.15, 0.2) is 0 Å². The molecule has 1 amide bonds. The number of aryl methyl sites for hydroxylation is 2. The fourth-order valence-electron chi connectivity index (χ4n) is 3.69. The summed E-state index contributed by atoms with van der Waals surface area (Å²) in [6.45, 7) is 12.6. The van der Waals surface area contributed by atoms with E-state index in [-0.39, 0.29) is 11.5 Å². The highest BCUT2D eigenvalue weighted by molar-refractivity contribution is 5.70. The minimum atomic E-state index is -0.776. The predicted molar refractivity (Wildman–Crippen MR) is 110 cm³/mol. The first kappa shape index (κ1) is 20.1. The summed E-state index contributed by atoms with van der Waals surface area (Å²) in [6.07, 6.45) is -1.08. The molecule has 0 spiro atoms. The van der Waals surface area contributed by atoms with Crippen molar-refractivity contribution in [2.75, 3.05) is 6.61 Å². The molecule has 0 saturated carbocycles. The highest BCUT2D eigenvalue weighted by Crippen LogP contribution is 2.46. The van der Waals surface area contributed by atoms with Crippen LogP contribution in [0.5, 0.6) is 11.5 Å². The molecule has 28 heavy (non-hydrogen) atoms. The third-order valence-corrected chi connectivity index (χ3v) is 4.99. The quantitative estimate of drug-likeness (QED) is 0.776. The Hall–Kier alpha value is -2.69. The normalized spacial score (nSPS) is 17.6. The molecule has 0 saturated heterocycles. The van der Waals surface area contributed by atoms with Gasteiger partial charge in [0.1, 0.15) is 17.6 Å². The Bertz CT molecular complexity index is 878. The van der Waals surface area contributed by atoms with Crippen LogP contribution in [0.25, 0.3) is 11.1 Å². The Labute approximate surface area is 166 Å². The molecule has 0 aliphatic carbocycles. The first-order chi connectivity index (χ1) is 13.1. The van der Waals surface area contributed by atoms with Crippen LogP contribution in [0.15, 0.2) is 30.3 Å². The van der Waals surface area contributed by atoms with Gasteiger partial charge < -0.3 is 19.9 Å². The van der Waals surface area contributed by atoms with E-state index in [2.05, 4.69) is 26.0 Å². The highest BCUT2D eigenvalue weighted by Gasteiger charge is 2.40. The van der Waals surface area contributed by atoms with Crippen molar-refractivity contribution in [3.63, 3.8) is 0 Å². The number of fused-ring (bicyclic) bond motifs is 1. The monoisotopic (exact) mass is 383 g/mol. The van der Waals surface area contributed by atoms with E-state index in [1.807, 2.05) is 45.9 Å². The Morgan fingerprint density at radius 1 is 1.14 bits per heavy atom. The molecule has 5 nitrogen and oxygen atoms in total. The van der Waals surface area contributed by atoms with E-state index < -0.39 is 12.2 Å². The number of ether oxygens (including phenoxy) is 3. The number of primary amides is 1. The second-order valence-electron chi connectivity index (χ2n) is 8.45. The smallest absolute Gasteiger partial charge is 0.405 e. The van der Waals surface area contributed by atoms with Gasteiger partial charge in [-0.15, -0.1) is 0 Å². The molecule has 1 aliphatic rings. The van der Waals surface area contributed by atoms with E-state index in [4.69, 9.17) is 19.9 Å². The zero-order valence-electron chi connectivity index (χ0n) is 17.5. The van der Waals surface area contributed by atoms with E-state index in [1.54, 1.807) is 0 Å². The highest BCUT2D eigenvalue weighted by atomic mass is 16.6. The number of rotatable bonds is 4. The fraction of sp³-hybridized carbons (Fsp3) is 0.435. The van der Waals surface area contributed by atoms with Gasteiger partial charge in [-0.1, -0.05) is 26.0 Å². The number of nitrogens with two attached hydrogens (primary N) is 1. The molecule has 1 unspecified atom stereocenters. The summed E-state index contributed by atoms with van der Waals surface area (Å²) in [4.78, 5) is 11.4. The lowest BCUT2D eigenvalue weighted by Gasteiger charge is -2.38. The number of benzene rings is 2. The molecule has 0 aromatic heterocycles. The van der Waals surface area contributed by atoms with E-state index in [1.165, 1.54) is 0 Å². The average Bonchev–Trinajstić information content (AvgIpc) is 2.59. The van der Waals surface area contributed by atoms with E-state index >= 15 is 0 Å². The van der Waals surface area contributed by atoms with Crippen molar-refractivity contribution in [3.8, 4) is 22.6 Å². The second kappa shape index (κ2) is 7.38. The van der Waals surface area contributed by atoms with Crippen LogP contribution in [-0.2, 0) is 4.74 Å². The van der Waals surface area contributed by atoms with Crippen molar-refractivity contribution in [2.24, 2.45) is 11.1 Å². The maximum Gasteiger partial charge on any atom is 0.405 e. The lowest BCUT2D eigenvalue weighted by Crippen LogP contribution is -2.37. The second-order valence-corrected chi connectivity index (χ2v) is 8.45. The molecule has 2 aromatic carbocycles. The molecule has 1 aliphatic heterocycles. The van der Waals surface area contributed by atoms with Crippen LogP contribution in [0.1, 0.15) is 50.5 Å². The predicted octanol–water partition coefficient (Wildman–Crippen LogP) is 5.31. The van der Waals surface area contributed by atoms with Crippen molar-refractivity contribution < 1.29 is 19.0 Å². The van der Waals surface area contributed by atoms with Crippen molar-refractivity contribution in [3.05, 3.63) is 47.0 Å². The number of hydrogen-bond acceptors (Lipinski definition) is 4. The molecule has 0 fully saturated rings. The third-order valence-electron chi connectivity index (χ3n) is 4.99. The average molecular weight is 383 g/mol. The summed E-state index contributed by atoms with van der Waals surface area (Å²) < 4.78 is 17.4. The van der Waals surface area contributed by atoms with Gasteiger partial charge in [0.25, 0.3) is 0 Å². The molecule has 3 rings (SSSR count). The topological polar surface area (TPSA) is 70.8 Å². The van der Waals surface area contributed by atoms with Crippen LogP contribution in [0.3, 0.4) is 0 Å². The van der Waals surface area contributed by atoms with Crippen LogP contribution in [0.2, 0.25) is 0 Å². The minimum Gasteiger partial charge on any atom is -0.492 e. The lowest BCUT2D eigenvalue weighted by molar-refractivity contribution is -0.0176. The standard InChI is InChI=1S/C23H29NO4/c1-13(2)27-20-14(3)9-17(10-15(20)4)16-7-8-18-19(11-16)26-12-23(5,6)21(18)28-22(24)25/h7-11,13,21H,12H2,1-6H3,(H2,24,25). The van der Waals surface area contributed by atoms with Gasteiger partial charge in [-0.05, 0) is 68.1 Å². The first-order valence-corrected chi connectivity index (χ1v) is 9.59. The minimum absolute atomic E-state index is 0.130. The summed E-state index contributed by atoms with van der Waals surface area (Å²) in [5, 5.41) is 0. The molecular formula is C23H29NO4. The van der Waals surface area contributed by atoms with Crippen molar-refractivity contribution in [1.29, 1.82) is 0 Å². The van der Waals surface area contributed by atoms with Crippen LogP contribution >= 0.6 is 0 Å². The van der Waals surface area contributed by atoms with Gasteiger partial charge in [-0.2, -0.15) is 0 Å². The summed E-state index contributed by atoms with van der Waals surface area (Å²) in [6, 6.07) is 10.2. The molecular weight excluding hydrogens is 354 g/mol. The van der Waals surface area contributed by atoms with Gasteiger partial charge >= 0.3 is 6.09 Å².